The Balaban J connectivity index is 2.48. The van der Waals surface area contributed by atoms with Crippen LogP contribution in [0.4, 0.5) is 0 Å². The van der Waals surface area contributed by atoms with Crippen molar-refractivity contribution in [2.24, 2.45) is 5.73 Å². The standard InChI is InChI=1S/C9H17NO2S/c1-6(2)13-7-3-4-9(10,5-7)8(11)12/h6-7H,3-5,10H2,1-2H3,(H,11,12). The normalized spacial score (nSPS) is 34.0. The Labute approximate surface area is 83.1 Å². The lowest BCUT2D eigenvalue weighted by Crippen LogP contribution is -2.45. The molecule has 1 rings (SSSR count). The highest BCUT2D eigenvalue weighted by molar-refractivity contribution is 8.00. The van der Waals surface area contributed by atoms with Gasteiger partial charge in [0.25, 0.3) is 0 Å². The van der Waals surface area contributed by atoms with Gasteiger partial charge in [0.2, 0.25) is 0 Å². The molecule has 0 aromatic rings. The lowest BCUT2D eigenvalue weighted by Gasteiger charge is -2.18. The van der Waals surface area contributed by atoms with Crippen LogP contribution >= 0.6 is 11.8 Å². The van der Waals surface area contributed by atoms with Gasteiger partial charge in [-0.25, -0.2) is 0 Å². The zero-order chi connectivity index (χ0) is 10.1. The van der Waals surface area contributed by atoms with E-state index in [-0.39, 0.29) is 0 Å². The average molecular weight is 203 g/mol. The number of nitrogens with two attached hydrogens (primary N) is 1. The fraction of sp³-hybridized carbons (Fsp3) is 0.889. The molecule has 4 heteroatoms. The average Bonchev–Trinajstić information content (AvgIpc) is 2.32. The van der Waals surface area contributed by atoms with Crippen LogP contribution in [-0.2, 0) is 4.79 Å². The zero-order valence-corrected chi connectivity index (χ0v) is 8.93. The first kappa shape index (κ1) is 10.9. The lowest BCUT2D eigenvalue weighted by atomic mass is 10.0. The highest BCUT2D eigenvalue weighted by Gasteiger charge is 2.42. The number of carbonyl (C=O) groups is 1. The van der Waals surface area contributed by atoms with Crippen molar-refractivity contribution < 1.29 is 9.90 Å². The molecule has 0 heterocycles. The lowest BCUT2D eigenvalue weighted by molar-refractivity contribution is -0.143. The summed E-state index contributed by atoms with van der Waals surface area (Å²) in [7, 11) is 0. The molecular formula is C9H17NO2S. The molecule has 0 amide bonds. The predicted octanol–water partition coefficient (Wildman–Crippen LogP) is 1.46. The summed E-state index contributed by atoms with van der Waals surface area (Å²) >= 11 is 1.84. The molecule has 2 unspecified atom stereocenters. The van der Waals surface area contributed by atoms with E-state index in [2.05, 4.69) is 13.8 Å². The smallest absolute Gasteiger partial charge is 0.323 e. The number of hydrogen-bond donors (Lipinski definition) is 2. The van der Waals surface area contributed by atoms with Crippen molar-refractivity contribution in [3.8, 4) is 0 Å². The summed E-state index contributed by atoms with van der Waals surface area (Å²) < 4.78 is 0. The van der Waals surface area contributed by atoms with E-state index in [0.717, 1.165) is 6.42 Å². The van der Waals surface area contributed by atoms with Crippen LogP contribution in [-0.4, -0.2) is 27.1 Å². The molecule has 0 aromatic heterocycles. The Morgan fingerprint density at radius 1 is 1.69 bits per heavy atom. The highest BCUT2D eigenvalue weighted by atomic mass is 32.2. The third kappa shape index (κ3) is 2.61. The van der Waals surface area contributed by atoms with E-state index in [1.165, 1.54) is 0 Å². The SMILES string of the molecule is CC(C)SC1CCC(N)(C(=O)O)C1. The van der Waals surface area contributed by atoms with E-state index in [1.807, 2.05) is 11.8 Å². The summed E-state index contributed by atoms with van der Waals surface area (Å²) in [6.45, 7) is 4.25. The second-order valence-electron chi connectivity index (χ2n) is 4.01. The quantitative estimate of drug-likeness (QED) is 0.729. The van der Waals surface area contributed by atoms with Crippen molar-refractivity contribution in [3.63, 3.8) is 0 Å². The molecule has 3 nitrogen and oxygen atoms in total. The Morgan fingerprint density at radius 2 is 2.31 bits per heavy atom. The molecule has 1 aliphatic rings. The molecule has 0 radical (unpaired) electrons. The predicted molar refractivity (Wildman–Crippen MR) is 54.9 cm³/mol. The minimum Gasteiger partial charge on any atom is -0.480 e. The minimum atomic E-state index is -0.952. The molecule has 13 heavy (non-hydrogen) atoms. The van der Waals surface area contributed by atoms with Gasteiger partial charge in [-0.05, 0) is 24.5 Å². The second kappa shape index (κ2) is 3.88. The Hall–Kier alpha value is -0.220. The van der Waals surface area contributed by atoms with Crippen LogP contribution in [0.25, 0.3) is 0 Å². The molecule has 76 valence electrons. The number of hydrogen-bond acceptors (Lipinski definition) is 3. The molecule has 1 saturated carbocycles. The van der Waals surface area contributed by atoms with Crippen LogP contribution in [0.15, 0.2) is 0 Å². The summed E-state index contributed by atoms with van der Waals surface area (Å²) in [5.41, 5.74) is 4.80. The van der Waals surface area contributed by atoms with Gasteiger partial charge in [0.05, 0.1) is 0 Å². The number of aliphatic carboxylic acids is 1. The molecule has 0 bridgehead atoms. The molecule has 0 spiro atoms. The first-order valence-electron chi connectivity index (χ1n) is 4.62. The summed E-state index contributed by atoms with van der Waals surface area (Å²) in [6, 6.07) is 0. The Morgan fingerprint density at radius 3 is 2.69 bits per heavy atom. The van der Waals surface area contributed by atoms with Gasteiger partial charge >= 0.3 is 5.97 Å². The summed E-state index contributed by atoms with van der Waals surface area (Å²) in [5, 5.41) is 9.88. The van der Waals surface area contributed by atoms with Gasteiger partial charge in [-0.2, -0.15) is 11.8 Å². The van der Waals surface area contributed by atoms with Gasteiger partial charge in [0.15, 0.2) is 0 Å². The molecule has 2 atom stereocenters. The molecule has 1 fully saturated rings. The van der Waals surface area contributed by atoms with Crippen molar-refractivity contribution in [1.29, 1.82) is 0 Å². The summed E-state index contributed by atoms with van der Waals surface area (Å²) in [5.74, 6) is -0.848. The van der Waals surface area contributed by atoms with Crippen LogP contribution in [0.3, 0.4) is 0 Å². The van der Waals surface area contributed by atoms with Crippen molar-refractivity contribution >= 4 is 17.7 Å². The van der Waals surface area contributed by atoms with Gasteiger partial charge < -0.3 is 10.8 Å². The Bertz CT molecular complexity index is 208. The molecule has 0 saturated heterocycles. The van der Waals surface area contributed by atoms with E-state index in [4.69, 9.17) is 10.8 Å². The van der Waals surface area contributed by atoms with Crippen molar-refractivity contribution in [2.45, 2.75) is 49.1 Å². The van der Waals surface area contributed by atoms with Gasteiger partial charge in [0.1, 0.15) is 5.54 Å². The first-order valence-corrected chi connectivity index (χ1v) is 5.56. The largest absolute Gasteiger partial charge is 0.480 e. The number of thioether (sulfide) groups is 1. The Kier molecular flexibility index (Phi) is 3.24. The van der Waals surface area contributed by atoms with Gasteiger partial charge in [0, 0.05) is 5.25 Å². The second-order valence-corrected chi connectivity index (χ2v) is 5.89. The maximum absolute atomic E-state index is 10.8. The highest BCUT2D eigenvalue weighted by Crippen LogP contribution is 2.37. The van der Waals surface area contributed by atoms with E-state index < -0.39 is 11.5 Å². The maximum Gasteiger partial charge on any atom is 0.323 e. The maximum atomic E-state index is 10.8. The summed E-state index contributed by atoms with van der Waals surface area (Å²) in [6.07, 6.45) is 2.17. The fourth-order valence-electron chi connectivity index (χ4n) is 1.72. The third-order valence-corrected chi connectivity index (χ3v) is 3.73. The zero-order valence-electron chi connectivity index (χ0n) is 8.12. The first-order chi connectivity index (χ1) is 5.94. The monoisotopic (exact) mass is 203 g/mol. The molecule has 3 N–H and O–H groups in total. The molecular weight excluding hydrogens is 186 g/mol. The van der Waals surface area contributed by atoms with E-state index >= 15 is 0 Å². The molecule has 1 aliphatic carbocycles. The van der Waals surface area contributed by atoms with Crippen LogP contribution in [0.5, 0.6) is 0 Å². The van der Waals surface area contributed by atoms with Gasteiger partial charge in [-0.15, -0.1) is 0 Å². The molecule has 0 aromatic carbocycles. The van der Waals surface area contributed by atoms with Crippen LogP contribution < -0.4 is 5.73 Å². The minimum absolute atomic E-state index is 0.432. The third-order valence-electron chi connectivity index (χ3n) is 2.39. The number of carboxylic acids is 1. The fourth-order valence-corrected chi connectivity index (χ4v) is 3.14. The van der Waals surface area contributed by atoms with E-state index in [1.54, 1.807) is 0 Å². The van der Waals surface area contributed by atoms with Gasteiger partial charge in [-0.3, -0.25) is 4.79 Å². The van der Waals surface area contributed by atoms with Crippen molar-refractivity contribution in [3.05, 3.63) is 0 Å². The van der Waals surface area contributed by atoms with Gasteiger partial charge in [-0.1, -0.05) is 13.8 Å². The summed E-state index contributed by atoms with van der Waals surface area (Å²) in [4.78, 5) is 10.8. The van der Waals surface area contributed by atoms with Crippen LogP contribution in [0, 0.1) is 0 Å². The molecule has 0 aliphatic heterocycles. The van der Waals surface area contributed by atoms with Crippen LogP contribution in [0.2, 0.25) is 0 Å². The number of rotatable bonds is 3. The van der Waals surface area contributed by atoms with Crippen molar-refractivity contribution in [2.75, 3.05) is 0 Å². The van der Waals surface area contributed by atoms with Crippen LogP contribution in [0.1, 0.15) is 33.1 Å². The topological polar surface area (TPSA) is 63.3 Å². The number of carboxylic acid groups (broad SMARTS) is 1. The van der Waals surface area contributed by atoms with E-state index in [0.29, 0.717) is 23.3 Å². The van der Waals surface area contributed by atoms with Crippen molar-refractivity contribution in [1.82, 2.24) is 0 Å². The van der Waals surface area contributed by atoms with E-state index in [9.17, 15) is 4.79 Å².